The Balaban J connectivity index is 2.36. The van der Waals surface area contributed by atoms with Crippen molar-refractivity contribution in [2.24, 2.45) is 5.92 Å². The molecule has 0 bridgehead atoms. The molecule has 5 heteroatoms. The summed E-state index contributed by atoms with van der Waals surface area (Å²) in [6.45, 7) is 4.15. The van der Waals surface area contributed by atoms with E-state index in [0.29, 0.717) is 28.8 Å². The monoisotopic (exact) mass is 282 g/mol. The maximum absolute atomic E-state index is 11.7. The zero-order chi connectivity index (χ0) is 14.3. The van der Waals surface area contributed by atoms with Gasteiger partial charge in [-0.15, -0.1) is 0 Å². The molecule has 1 amide bonds. The summed E-state index contributed by atoms with van der Waals surface area (Å²) in [5.74, 6) is 1.37. The number of hydrogen-bond acceptors (Lipinski definition) is 3. The average Bonchev–Trinajstić information content (AvgIpc) is 2.39. The fourth-order valence-corrected chi connectivity index (χ4v) is 3.00. The summed E-state index contributed by atoms with van der Waals surface area (Å²) < 4.78 is 11.7. The highest BCUT2D eigenvalue weighted by Crippen LogP contribution is 2.16. The third kappa shape index (κ3) is 5.87. The fraction of sp³-hybridized carbons (Fsp3) is 0.500. The van der Waals surface area contributed by atoms with Gasteiger partial charge in [-0.3, -0.25) is 9.00 Å². The third-order valence-corrected chi connectivity index (χ3v) is 4.56. The van der Waals surface area contributed by atoms with Gasteiger partial charge in [-0.1, -0.05) is 32.4 Å². The van der Waals surface area contributed by atoms with E-state index in [0.717, 1.165) is 6.42 Å². The summed E-state index contributed by atoms with van der Waals surface area (Å²) in [6, 6.07) is 7.11. The molecule has 0 aliphatic heterocycles. The number of para-hydroxylation sites is 2. The number of nitrogens with one attached hydrogen (secondary N) is 1. The molecule has 0 saturated heterocycles. The number of amides is 1. The Kier molecular flexibility index (Phi) is 6.56. The van der Waals surface area contributed by atoms with Gasteiger partial charge in [0.2, 0.25) is 5.91 Å². The second-order valence-corrected chi connectivity index (χ2v) is 6.33. The Morgan fingerprint density at radius 1 is 1.42 bits per heavy atom. The molecule has 1 aromatic rings. The fourth-order valence-electron chi connectivity index (χ4n) is 1.55. The molecule has 0 saturated carbocycles. The molecule has 1 rings (SSSR count). The van der Waals surface area contributed by atoms with E-state index in [1.807, 2.05) is 12.1 Å². The summed E-state index contributed by atoms with van der Waals surface area (Å²) in [6.07, 6.45) is 1.27. The van der Waals surface area contributed by atoms with E-state index >= 15 is 0 Å². The van der Waals surface area contributed by atoms with Gasteiger partial charge in [0, 0.05) is 28.7 Å². The zero-order valence-corrected chi connectivity index (χ0v) is 12.3. The summed E-state index contributed by atoms with van der Waals surface area (Å²) in [4.78, 5) is 11.7. The van der Waals surface area contributed by atoms with E-state index < -0.39 is 10.8 Å². The van der Waals surface area contributed by atoms with Gasteiger partial charge in [-0.2, -0.15) is 0 Å². The van der Waals surface area contributed by atoms with E-state index in [-0.39, 0.29) is 12.3 Å². The van der Waals surface area contributed by atoms with Crippen molar-refractivity contribution in [2.75, 3.05) is 22.6 Å². The van der Waals surface area contributed by atoms with Crippen LogP contribution in [0, 0.1) is 5.92 Å². The first kappa shape index (κ1) is 15.7. The van der Waals surface area contributed by atoms with Gasteiger partial charge in [0.1, 0.15) is 0 Å². The minimum atomic E-state index is -0.926. The lowest BCUT2D eigenvalue weighted by Gasteiger charge is -2.09. The van der Waals surface area contributed by atoms with Crippen LogP contribution >= 0.6 is 0 Å². The van der Waals surface area contributed by atoms with E-state index in [2.05, 4.69) is 19.2 Å². The number of hydrogen-bond donors (Lipinski definition) is 2. The molecule has 0 aliphatic carbocycles. The lowest BCUT2D eigenvalue weighted by atomic mass is 10.2. The van der Waals surface area contributed by atoms with Crippen molar-refractivity contribution in [1.82, 2.24) is 0 Å². The topological polar surface area (TPSA) is 72.2 Å². The number of anilines is 2. The number of nitrogens with two attached hydrogens (primary N) is 1. The van der Waals surface area contributed by atoms with Crippen molar-refractivity contribution in [3.8, 4) is 0 Å². The molecule has 0 aliphatic rings. The lowest BCUT2D eigenvalue weighted by Crippen LogP contribution is -2.18. The largest absolute Gasteiger partial charge is 0.397 e. The molecule has 106 valence electrons. The van der Waals surface area contributed by atoms with Gasteiger partial charge < -0.3 is 11.1 Å². The normalized spacial score (nSPS) is 13.8. The Morgan fingerprint density at radius 2 is 2.11 bits per heavy atom. The average molecular weight is 282 g/mol. The molecule has 1 aromatic carbocycles. The van der Waals surface area contributed by atoms with E-state index in [1.165, 1.54) is 0 Å². The summed E-state index contributed by atoms with van der Waals surface area (Å²) >= 11 is 0. The highest BCUT2D eigenvalue weighted by molar-refractivity contribution is 7.85. The van der Waals surface area contributed by atoms with Crippen LogP contribution in [-0.2, 0) is 15.6 Å². The van der Waals surface area contributed by atoms with Gasteiger partial charge in [-0.25, -0.2) is 0 Å². The van der Waals surface area contributed by atoms with Crippen LogP contribution in [0.3, 0.4) is 0 Å². The molecule has 2 atom stereocenters. The maximum Gasteiger partial charge on any atom is 0.225 e. The van der Waals surface area contributed by atoms with Crippen molar-refractivity contribution in [3.63, 3.8) is 0 Å². The predicted molar refractivity (Wildman–Crippen MR) is 81.4 cm³/mol. The Morgan fingerprint density at radius 3 is 2.74 bits per heavy atom. The quantitative estimate of drug-likeness (QED) is 0.754. The van der Waals surface area contributed by atoms with Crippen LogP contribution in [0.25, 0.3) is 0 Å². The minimum absolute atomic E-state index is 0.143. The Bertz CT molecular complexity index is 449. The Hall–Kier alpha value is -1.36. The molecular formula is C14H22N2O2S. The molecule has 0 radical (unpaired) electrons. The zero-order valence-electron chi connectivity index (χ0n) is 11.5. The van der Waals surface area contributed by atoms with Gasteiger partial charge in [0.25, 0.3) is 0 Å². The molecule has 0 aromatic heterocycles. The van der Waals surface area contributed by atoms with Crippen molar-refractivity contribution in [3.05, 3.63) is 24.3 Å². The van der Waals surface area contributed by atoms with E-state index in [9.17, 15) is 9.00 Å². The molecule has 2 unspecified atom stereocenters. The summed E-state index contributed by atoms with van der Waals surface area (Å²) in [5, 5.41) is 2.73. The SMILES string of the molecule is CCC(C)CS(=O)CCC(=O)Nc1ccccc1N. The molecule has 0 fully saturated rings. The Labute approximate surface area is 117 Å². The molecule has 0 spiro atoms. The van der Waals surface area contributed by atoms with Crippen LogP contribution in [0.15, 0.2) is 24.3 Å². The van der Waals surface area contributed by atoms with Crippen molar-refractivity contribution < 1.29 is 9.00 Å². The van der Waals surface area contributed by atoms with Crippen LogP contribution in [0.2, 0.25) is 0 Å². The molecule has 0 heterocycles. The summed E-state index contributed by atoms with van der Waals surface area (Å²) in [5.41, 5.74) is 6.88. The lowest BCUT2D eigenvalue weighted by molar-refractivity contribution is -0.115. The molecular weight excluding hydrogens is 260 g/mol. The van der Waals surface area contributed by atoms with E-state index in [4.69, 9.17) is 5.73 Å². The molecule has 3 N–H and O–H groups in total. The van der Waals surface area contributed by atoms with Gasteiger partial charge in [0.05, 0.1) is 11.4 Å². The second kappa shape index (κ2) is 7.94. The number of rotatable bonds is 7. The highest BCUT2D eigenvalue weighted by Gasteiger charge is 2.09. The van der Waals surface area contributed by atoms with Crippen LogP contribution in [-0.4, -0.2) is 21.6 Å². The van der Waals surface area contributed by atoms with Crippen LogP contribution in [0.5, 0.6) is 0 Å². The number of carbonyl (C=O) groups is 1. The first-order chi connectivity index (χ1) is 9.02. The van der Waals surface area contributed by atoms with Crippen LogP contribution in [0.4, 0.5) is 11.4 Å². The van der Waals surface area contributed by atoms with Gasteiger partial charge in [0.15, 0.2) is 0 Å². The van der Waals surface area contributed by atoms with Crippen molar-refractivity contribution in [1.29, 1.82) is 0 Å². The highest BCUT2D eigenvalue weighted by atomic mass is 32.2. The standard InChI is InChI=1S/C14H22N2O2S/c1-3-11(2)10-19(18)9-8-14(17)16-13-7-5-4-6-12(13)15/h4-7,11H,3,8-10,15H2,1-2H3,(H,16,17). The molecule has 19 heavy (non-hydrogen) atoms. The van der Waals surface area contributed by atoms with Crippen molar-refractivity contribution >= 4 is 28.1 Å². The summed E-state index contributed by atoms with van der Waals surface area (Å²) in [7, 11) is -0.926. The van der Waals surface area contributed by atoms with Crippen LogP contribution in [0.1, 0.15) is 26.7 Å². The number of nitrogen functional groups attached to an aromatic ring is 1. The first-order valence-corrected chi connectivity index (χ1v) is 8.01. The van der Waals surface area contributed by atoms with E-state index in [1.54, 1.807) is 12.1 Å². The second-order valence-electron chi connectivity index (χ2n) is 4.71. The minimum Gasteiger partial charge on any atom is -0.397 e. The third-order valence-electron chi connectivity index (χ3n) is 2.96. The number of carbonyl (C=O) groups excluding carboxylic acids is 1. The maximum atomic E-state index is 11.7. The first-order valence-electron chi connectivity index (χ1n) is 6.52. The smallest absolute Gasteiger partial charge is 0.225 e. The van der Waals surface area contributed by atoms with Crippen LogP contribution < -0.4 is 11.1 Å². The van der Waals surface area contributed by atoms with Gasteiger partial charge >= 0.3 is 0 Å². The molecule has 4 nitrogen and oxygen atoms in total. The van der Waals surface area contributed by atoms with Gasteiger partial charge in [-0.05, 0) is 18.1 Å². The number of benzene rings is 1. The predicted octanol–water partition coefficient (Wildman–Crippen LogP) is 2.39. The van der Waals surface area contributed by atoms with Crippen molar-refractivity contribution in [2.45, 2.75) is 26.7 Å².